The van der Waals surface area contributed by atoms with Gasteiger partial charge < -0.3 is 15.0 Å². The summed E-state index contributed by atoms with van der Waals surface area (Å²) in [5.41, 5.74) is 3.40. The molecule has 1 N–H and O–H groups in total. The molecule has 146 valence electrons. The fraction of sp³-hybridized carbons (Fsp3) is 0.409. The maximum absolute atomic E-state index is 6.17. The molecular weight excluding hydrogens is 376 g/mol. The van der Waals surface area contributed by atoms with E-state index in [0.717, 1.165) is 18.7 Å². The number of nitrogens with zero attached hydrogens (tertiary/aromatic N) is 1. The summed E-state index contributed by atoms with van der Waals surface area (Å²) < 4.78 is 6.17. The van der Waals surface area contributed by atoms with Gasteiger partial charge in [-0.2, -0.15) is 0 Å². The first-order valence-corrected chi connectivity index (χ1v) is 9.93. The highest BCUT2D eigenvalue weighted by molar-refractivity contribution is 7.80. The summed E-state index contributed by atoms with van der Waals surface area (Å²) in [7, 11) is 0. The first kappa shape index (κ1) is 21.7. The molecule has 0 aliphatic carbocycles. The van der Waals surface area contributed by atoms with Gasteiger partial charge in [0.2, 0.25) is 0 Å². The molecule has 2 aromatic carbocycles. The molecule has 1 unspecified atom stereocenters. The number of likely N-dealkylation sites (tertiary alicyclic amines) is 1. The predicted molar refractivity (Wildman–Crippen MR) is 120 cm³/mol. The number of para-hydroxylation sites is 1. The van der Waals surface area contributed by atoms with Crippen LogP contribution < -0.4 is 5.32 Å². The van der Waals surface area contributed by atoms with Gasteiger partial charge in [0.1, 0.15) is 6.10 Å². The minimum Gasteiger partial charge on any atom is -0.463 e. The number of ether oxygens (including phenoxy) is 1. The monoisotopic (exact) mass is 404 g/mol. The number of rotatable bonds is 6. The first-order chi connectivity index (χ1) is 12.7. The van der Waals surface area contributed by atoms with Gasteiger partial charge in [0.05, 0.1) is 0 Å². The Labute approximate surface area is 174 Å². The minimum absolute atomic E-state index is 0. The van der Waals surface area contributed by atoms with Crippen LogP contribution >= 0.6 is 24.6 Å². The maximum Gasteiger partial charge on any atom is 0.261 e. The lowest BCUT2D eigenvalue weighted by molar-refractivity contribution is 0.147. The molecule has 1 saturated heterocycles. The molecule has 0 aromatic heterocycles. The zero-order chi connectivity index (χ0) is 18.2. The van der Waals surface area contributed by atoms with Gasteiger partial charge in [-0.25, -0.2) is 0 Å². The van der Waals surface area contributed by atoms with Crippen molar-refractivity contribution in [3.8, 4) is 0 Å². The van der Waals surface area contributed by atoms with Crippen molar-refractivity contribution in [3.63, 3.8) is 0 Å². The highest BCUT2D eigenvalue weighted by Gasteiger charge is 2.18. The summed E-state index contributed by atoms with van der Waals surface area (Å²) in [6.45, 7) is 5.56. The number of aryl methyl sites for hydroxylation is 1. The van der Waals surface area contributed by atoms with Gasteiger partial charge in [0, 0.05) is 18.7 Å². The van der Waals surface area contributed by atoms with E-state index < -0.39 is 0 Å². The second-order valence-corrected chi connectivity index (χ2v) is 7.36. The highest BCUT2D eigenvalue weighted by atomic mass is 35.5. The van der Waals surface area contributed by atoms with E-state index in [1.807, 2.05) is 30.3 Å². The van der Waals surface area contributed by atoms with E-state index in [4.69, 9.17) is 17.0 Å². The van der Waals surface area contributed by atoms with Crippen LogP contribution in [0.3, 0.4) is 0 Å². The predicted octanol–water partition coefficient (Wildman–Crippen LogP) is 5.75. The van der Waals surface area contributed by atoms with Gasteiger partial charge in [-0.3, -0.25) is 0 Å². The lowest BCUT2D eigenvalue weighted by Gasteiger charge is -2.28. The second-order valence-electron chi connectivity index (χ2n) is 6.99. The van der Waals surface area contributed by atoms with Crippen molar-refractivity contribution in [2.24, 2.45) is 0 Å². The lowest BCUT2D eigenvalue weighted by Crippen LogP contribution is -2.32. The SMILES string of the molecule is Cc1ccc(C(CCN2CCCCC2)OC(=S)Nc2ccccc2)cc1.Cl. The fourth-order valence-corrected chi connectivity index (χ4v) is 3.59. The number of hydrogen-bond donors (Lipinski definition) is 1. The molecule has 1 aliphatic rings. The van der Waals surface area contributed by atoms with E-state index in [1.54, 1.807) is 0 Å². The van der Waals surface area contributed by atoms with Crippen molar-refractivity contribution in [1.29, 1.82) is 0 Å². The van der Waals surface area contributed by atoms with Crippen LogP contribution in [0.25, 0.3) is 0 Å². The fourth-order valence-electron chi connectivity index (χ4n) is 3.36. The Morgan fingerprint density at radius 3 is 2.37 bits per heavy atom. The Hall–Kier alpha value is -1.62. The molecule has 27 heavy (non-hydrogen) atoms. The molecule has 0 bridgehead atoms. The molecule has 1 heterocycles. The Bertz CT molecular complexity index is 687. The second kappa shape index (κ2) is 11.3. The van der Waals surface area contributed by atoms with E-state index >= 15 is 0 Å². The van der Waals surface area contributed by atoms with E-state index in [9.17, 15) is 0 Å². The smallest absolute Gasteiger partial charge is 0.261 e. The Balaban J connectivity index is 0.00000261. The van der Waals surface area contributed by atoms with Gasteiger partial charge in [0.25, 0.3) is 5.17 Å². The van der Waals surface area contributed by atoms with E-state index in [-0.39, 0.29) is 18.5 Å². The number of thiocarbonyl (C=S) groups is 1. The summed E-state index contributed by atoms with van der Waals surface area (Å²) in [4.78, 5) is 2.54. The zero-order valence-electron chi connectivity index (χ0n) is 15.9. The molecule has 2 aromatic rings. The van der Waals surface area contributed by atoms with Crippen LogP contribution in [0.2, 0.25) is 0 Å². The Morgan fingerprint density at radius 2 is 1.70 bits per heavy atom. The summed E-state index contributed by atoms with van der Waals surface area (Å²) in [6.07, 6.45) is 4.90. The molecule has 0 saturated carbocycles. The molecule has 0 radical (unpaired) electrons. The van der Waals surface area contributed by atoms with Crippen molar-refractivity contribution in [2.45, 2.75) is 38.7 Å². The number of piperidine rings is 1. The largest absolute Gasteiger partial charge is 0.463 e. The van der Waals surface area contributed by atoms with E-state index in [1.165, 1.54) is 43.5 Å². The number of halogens is 1. The van der Waals surface area contributed by atoms with Crippen molar-refractivity contribution < 1.29 is 4.74 Å². The molecule has 1 aliphatic heterocycles. The van der Waals surface area contributed by atoms with Gasteiger partial charge >= 0.3 is 0 Å². The number of nitrogens with one attached hydrogen (secondary N) is 1. The third-order valence-electron chi connectivity index (χ3n) is 4.87. The third-order valence-corrected chi connectivity index (χ3v) is 5.07. The van der Waals surface area contributed by atoms with Crippen LogP contribution in [0, 0.1) is 6.92 Å². The van der Waals surface area contributed by atoms with Crippen molar-refractivity contribution >= 4 is 35.5 Å². The molecule has 0 amide bonds. The number of benzene rings is 2. The summed E-state index contributed by atoms with van der Waals surface area (Å²) in [6, 6.07) is 18.5. The average molecular weight is 405 g/mol. The summed E-state index contributed by atoms with van der Waals surface area (Å²) in [5, 5.41) is 3.62. The van der Waals surface area contributed by atoms with E-state index in [0.29, 0.717) is 5.17 Å². The minimum atomic E-state index is -0.0266. The molecule has 1 atom stereocenters. The molecule has 3 rings (SSSR count). The summed E-state index contributed by atoms with van der Waals surface area (Å²) >= 11 is 5.46. The van der Waals surface area contributed by atoms with E-state index in [2.05, 4.69) is 41.4 Å². The third kappa shape index (κ3) is 7.13. The van der Waals surface area contributed by atoms with Crippen LogP contribution in [0.15, 0.2) is 54.6 Å². The van der Waals surface area contributed by atoms with Crippen LogP contribution in [-0.4, -0.2) is 29.7 Å². The van der Waals surface area contributed by atoms with Crippen molar-refractivity contribution in [3.05, 3.63) is 65.7 Å². The number of hydrogen-bond acceptors (Lipinski definition) is 3. The first-order valence-electron chi connectivity index (χ1n) is 9.52. The van der Waals surface area contributed by atoms with Gasteiger partial charge in [0.15, 0.2) is 0 Å². The quantitative estimate of drug-likeness (QED) is 0.619. The highest BCUT2D eigenvalue weighted by Crippen LogP contribution is 2.24. The van der Waals surface area contributed by atoms with Gasteiger partial charge in [-0.05, 0) is 62.8 Å². The van der Waals surface area contributed by atoms with Crippen LogP contribution in [0.1, 0.15) is 42.9 Å². The summed E-state index contributed by atoms with van der Waals surface area (Å²) in [5.74, 6) is 0. The molecule has 3 nitrogen and oxygen atoms in total. The van der Waals surface area contributed by atoms with Crippen LogP contribution in [-0.2, 0) is 4.74 Å². The molecular formula is C22H29ClN2OS. The Morgan fingerprint density at radius 1 is 1.04 bits per heavy atom. The van der Waals surface area contributed by atoms with Gasteiger partial charge in [-0.1, -0.05) is 54.4 Å². The zero-order valence-corrected chi connectivity index (χ0v) is 17.5. The molecule has 5 heteroatoms. The average Bonchev–Trinajstić information content (AvgIpc) is 2.67. The Kier molecular flexibility index (Phi) is 9.05. The lowest BCUT2D eigenvalue weighted by atomic mass is 10.0. The normalized spacial score (nSPS) is 15.4. The standard InChI is InChI=1S/C22H28N2OS.ClH/c1-18-10-12-19(13-11-18)21(14-17-24-15-6-3-7-16-24)25-22(26)23-20-8-4-2-5-9-20;/h2,4-5,8-13,21H,3,6-7,14-17H2,1H3,(H,23,26);1H. The molecule has 0 spiro atoms. The van der Waals surface area contributed by atoms with Crippen molar-refractivity contribution in [2.75, 3.05) is 25.0 Å². The van der Waals surface area contributed by atoms with Crippen LogP contribution in [0.5, 0.6) is 0 Å². The number of anilines is 1. The maximum atomic E-state index is 6.17. The topological polar surface area (TPSA) is 24.5 Å². The van der Waals surface area contributed by atoms with Crippen molar-refractivity contribution in [1.82, 2.24) is 4.90 Å². The molecule has 1 fully saturated rings. The van der Waals surface area contributed by atoms with Gasteiger partial charge in [-0.15, -0.1) is 12.4 Å². The van der Waals surface area contributed by atoms with Crippen LogP contribution in [0.4, 0.5) is 5.69 Å².